The summed E-state index contributed by atoms with van der Waals surface area (Å²) in [7, 11) is 0. The second-order valence-corrected chi connectivity index (χ2v) is 4.66. The van der Waals surface area contributed by atoms with Gasteiger partial charge in [-0.05, 0) is 36.0 Å². The predicted molar refractivity (Wildman–Crippen MR) is 70.2 cm³/mol. The van der Waals surface area contributed by atoms with E-state index < -0.39 is 5.91 Å². The number of nitrogens with two attached hydrogens (primary N) is 1. The maximum absolute atomic E-state index is 11.3. The lowest BCUT2D eigenvalue weighted by atomic mass is 10.0. The Bertz CT molecular complexity index is 586. The van der Waals surface area contributed by atoms with E-state index in [4.69, 9.17) is 5.73 Å². The number of primary amides is 1. The van der Waals surface area contributed by atoms with Gasteiger partial charge in [-0.25, -0.2) is 0 Å². The Morgan fingerprint density at radius 2 is 1.89 bits per heavy atom. The standard InChI is InChI=1S/C15H14N2O/c16-15(18)14-13(2-1-9-17-14)12-7-5-11(6-8-12)10-3-4-10/h1-2,5-10H,3-4H2,(H2,16,18). The molecule has 1 amide bonds. The number of carbonyl (C=O) groups is 1. The highest BCUT2D eigenvalue weighted by Gasteiger charge is 2.23. The largest absolute Gasteiger partial charge is 0.364 e. The van der Waals surface area contributed by atoms with Gasteiger partial charge in [-0.2, -0.15) is 0 Å². The SMILES string of the molecule is NC(=O)c1ncccc1-c1ccc(C2CC2)cc1. The molecule has 2 N–H and O–H groups in total. The van der Waals surface area contributed by atoms with Crippen LogP contribution in [0.3, 0.4) is 0 Å². The molecule has 0 unspecified atom stereocenters. The molecule has 0 bridgehead atoms. The third kappa shape index (κ3) is 1.99. The lowest BCUT2D eigenvalue weighted by molar-refractivity contribution is 0.0996. The number of rotatable bonds is 3. The first-order valence-corrected chi connectivity index (χ1v) is 6.11. The van der Waals surface area contributed by atoms with Crippen molar-refractivity contribution in [2.75, 3.05) is 0 Å². The molecule has 0 spiro atoms. The van der Waals surface area contributed by atoms with Crippen LogP contribution in [-0.2, 0) is 0 Å². The number of aromatic nitrogens is 1. The molecule has 18 heavy (non-hydrogen) atoms. The van der Waals surface area contributed by atoms with Gasteiger partial charge in [0.25, 0.3) is 5.91 Å². The molecule has 1 aliphatic rings. The predicted octanol–water partition coefficient (Wildman–Crippen LogP) is 2.72. The number of nitrogens with zero attached hydrogens (tertiary/aromatic N) is 1. The van der Waals surface area contributed by atoms with Crippen molar-refractivity contribution in [1.82, 2.24) is 4.98 Å². The van der Waals surface area contributed by atoms with E-state index in [0.717, 1.165) is 17.0 Å². The average molecular weight is 238 g/mol. The Labute approximate surface area is 106 Å². The second kappa shape index (κ2) is 4.26. The first-order valence-electron chi connectivity index (χ1n) is 6.11. The summed E-state index contributed by atoms with van der Waals surface area (Å²) in [6.45, 7) is 0. The molecule has 1 aromatic carbocycles. The van der Waals surface area contributed by atoms with Gasteiger partial charge in [0.15, 0.2) is 0 Å². The van der Waals surface area contributed by atoms with Crippen molar-refractivity contribution in [3.8, 4) is 11.1 Å². The van der Waals surface area contributed by atoms with E-state index in [9.17, 15) is 4.79 Å². The minimum absolute atomic E-state index is 0.330. The average Bonchev–Trinajstić information content (AvgIpc) is 3.23. The second-order valence-electron chi connectivity index (χ2n) is 4.66. The molecule has 1 saturated carbocycles. The van der Waals surface area contributed by atoms with E-state index >= 15 is 0 Å². The van der Waals surface area contributed by atoms with E-state index in [-0.39, 0.29) is 0 Å². The monoisotopic (exact) mass is 238 g/mol. The zero-order valence-electron chi connectivity index (χ0n) is 9.97. The van der Waals surface area contributed by atoms with Gasteiger partial charge < -0.3 is 5.73 Å². The van der Waals surface area contributed by atoms with Crippen LogP contribution in [0.1, 0.15) is 34.8 Å². The van der Waals surface area contributed by atoms with Crippen LogP contribution >= 0.6 is 0 Å². The van der Waals surface area contributed by atoms with Crippen LogP contribution in [0.15, 0.2) is 42.6 Å². The van der Waals surface area contributed by atoms with Crippen LogP contribution in [0.25, 0.3) is 11.1 Å². The Morgan fingerprint density at radius 3 is 2.50 bits per heavy atom. The zero-order chi connectivity index (χ0) is 12.5. The molecule has 1 aliphatic carbocycles. The van der Waals surface area contributed by atoms with Gasteiger partial charge in [0.2, 0.25) is 0 Å². The number of hydrogen-bond acceptors (Lipinski definition) is 2. The smallest absolute Gasteiger partial charge is 0.267 e. The van der Waals surface area contributed by atoms with Gasteiger partial charge in [-0.15, -0.1) is 0 Å². The minimum Gasteiger partial charge on any atom is -0.364 e. The topological polar surface area (TPSA) is 56.0 Å². The molecular formula is C15H14N2O. The molecule has 3 nitrogen and oxygen atoms in total. The van der Waals surface area contributed by atoms with Gasteiger partial charge in [-0.3, -0.25) is 9.78 Å². The Morgan fingerprint density at radius 1 is 1.17 bits per heavy atom. The zero-order valence-corrected chi connectivity index (χ0v) is 9.97. The van der Waals surface area contributed by atoms with Crippen LogP contribution in [0.5, 0.6) is 0 Å². The highest BCUT2D eigenvalue weighted by atomic mass is 16.1. The third-order valence-corrected chi connectivity index (χ3v) is 3.31. The normalized spacial score (nSPS) is 14.4. The Kier molecular flexibility index (Phi) is 2.59. The summed E-state index contributed by atoms with van der Waals surface area (Å²) in [5.41, 5.74) is 8.83. The van der Waals surface area contributed by atoms with E-state index in [2.05, 4.69) is 17.1 Å². The van der Waals surface area contributed by atoms with Crippen molar-refractivity contribution in [1.29, 1.82) is 0 Å². The van der Waals surface area contributed by atoms with Gasteiger partial charge >= 0.3 is 0 Å². The van der Waals surface area contributed by atoms with Crippen molar-refractivity contribution in [3.63, 3.8) is 0 Å². The number of amides is 1. The van der Waals surface area contributed by atoms with Crippen LogP contribution in [0.4, 0.5) is 0 Å². The molecule has 3 heteroatoms. The van der Waals surface area contributed by atoms with Crippen molar-refractivity contribution >= 4 is 5.91 Å². The van der Waals surface area contributed by atoms with E-state index in [1.807, 2.05) is 24.3 Å². The van der Waals surface area contributed by atoms with Crippen molar-refractivity contribution in [2.45, 2.75) is 18.8 Å². The molecule has 0 radical (unpaired) electrons. The molecule has 1 heterocycles. The number of pyridine rings is 1. The first-order chi connectivity index (χ1) is 8.75. The summed E-state index contributed by atoms with van der Waals surface area (Å²) >= 11 is 0. The van der Waals surface area contributed by atoms with E-state index in [1.165, 1.54) is 18.4 Å². The van der Waals surface area contributed by atoms with Crippen LogP contribution < -0.4 is 5.73 Å². The summed E-state index contributed by atoms with van der Waals surface area (Å²) in [4.78, 5) is 15.4. The lowest BCUT2D eigenvalue weighted by Gasteiger charge is -2.06. The fourth-order valence-corrected chi connectivity index (χ4v) is 2.19. The van der Waals surface area contributed by atoms with E-state index in [1.54, 1.807) is 6.20 Å². The molecule has 0 saturated heterocycles. The molecule has 1 aromatic heterocycles. The van der Waals surface area contributed by atoms with Crippen molar-refractivity contribution < 1.29 is 4.79 Å². The third-order valence-electron chi connectivity index (χ3n) is 3.31. The van der Waals surface area contributed by atoms with Crippen molar-refractivity contribution in [2.24, 2.45) is 5.73 Å². The summed E-state index contributed by atoms with van der Waals surface area (Å²) in [6.07, 6.45) is 4.17. The molecule has 90 valence electrons. The Balaban J connectivity index is 2.01. The lowest BCUT2D eigenvalue weighted by Crippen LogP contribution is -2.14. The fourth-order valence-electron chi connectivity index (χ4n) is 2.19. The molecule has 2 aromatic rings. The van der Waals surface area contributed by atoms with E-state index in [0.29, 0.717) is 5.69 Å². The number of hydrogen-bond donors (Lipinski definition) is 1. The summed E-state index contributed by atoms with van der Waals surface area (Å²) in [6, 6.07) is 12.0. The molecule has 3 rings (SSSR count). The molecule has 0 aliphatic heterocycles. The maximum atomic E-state index is 11.3. The number of benzene rings is 1. The first kappa shape index (κ1) is 11.0. The van der Waals surface area contributed by atoms with Gasteiger partial charge in [-0.1, -0.05) is 30.3 Å². The molecule has 1 fully saturated rings. The summed E-state index contributed by atoms with van der Waals surface area (Å²) < 4.78 is 0. The number of carbonyl (C=O) groups excluding carboxylic acids is 1. The van der Waals surface area contributed by atoms with Gasteiger partial charge in [0, 0.05) is 11.8 Å². The van der Waals surface area contributed by atoms with Gasteiger partial charge in [0.05, 0.1) is 0 Å². The Hall–Kier alpha value is -2.16. The summed E-state index contributed by atoms with van der Waals surface area (Å²) in [5.74, 6) is 0.250. The highest BCUT2D eigenvalue weighted by molar-refractivity contribution is 5.97. The molecular weight excluding hydrogens is 224 g/mol. The quantitative estimate of drug-likeness (QED) is 0.893. The summed E-state index contributed by atoms with van der Waals surface area (Å²) in [5, 5.41) is 0. The minimum atomic E-state index is -0.489. The van der Waals surface area contributed by atoms with Crippen LogP contribution in [0.2, 0.25) is 0 Å². The van der Waals surface area contributed by atoms with Crippen molar-refractivity contribution in [3.05, 3.63) is 53.9 Å². The maximum Gasteiger partial charge on any atom is 0.267 e. The van der Waals surface area contributed by atoms with Gasteiger partial charge in [0.1, 0.15) is 5.69 Å². The molecule has 0 atom stereocenters. The van der Waals surface area contributed by atoms with Crippen LogP contribution in [-0.4, -0.2) is 10.9 Å². The fraction of sp³-hybridized carbons (Fsp3) is 0.200. The van der Waals surface area contributed by atoms with Crippen LogP contribution in [0, 0.1) is 0 Å². The highest BCUT2D eigenvalue weighted by Crippen LogP contribution is 2.40.